The maximum atomic E-state index is 12.4. The number of hydrogen-bond acceptors (Lipinski definition) is 5. The normalized spacial score (nSPS) is 13.6. The number of benzene rings is 2. The molecule has 0 spiro atoms. The monoisotopic (exact) mass is 429 g/mol. The van der Waals surface area contributed by atoms with Crippen LogP contribution in [0.3, 0.4) is 0 Å². The maximum absolute atomic E-state index is 12.4. The molecule has 1 N–H and O–H groups in total. The first-order chi connectivity index (χ1) is 14.6. The third-order valence-corrected chi connectivity index (χ3v) is 6.23. The number of anilines is 1. The van der Waals surface area contributed by atoms with Crippen LogP contribution in [0.4, 0.5) is 10.5 Å². The van der Waals surface area contributed by atoms with Crippen molar-refractivity contribution in [1.29, 1.82) is 0 Å². The standard InChI is InChI=1S/C23H31N3O3S/c1-25(11-10-18-6-9-21(28-2)22(16-18)29-3)23(27)24-17-19-4-7-20(8-5-19)26-12-14-30-15-13-26/h4-9,16H,10-15,17H2,1-3H3,(H,24,27). The summed E-state index contributed by atoms with van der Waals surface area (Å²) in [6, 6.07) is 14.3. The molecule has 0 radical (unpaired) electrons. The van der Waals surface area contributed by atoms with Crippen molar-refractivity contribution >= 4 is 23.5 Å². The second kappa shape index (κ2) is 11.0. The molecule has 3 rings (SSSR count). The van der Waals surface area contributed by atoms with Crippen LogP contribution in [-0.4, -0.2) is 63.3 Å². The van der Waals surface area contributed by atoms with Gasteiger partial charge in [-0.3, -0.25) is 0 Å². The van der Waals surface area contributed by atoms with E-state index in [4.69, 9.17) is 9.47 Å². The first-order valence-corrected chi connectivity index (χ1v) is 11.4. The van der Waals surface area contributed by atoms with Crippen LogP contribution in [0.1, 0.15) is 11.1 Å². The lowest BCUT2D eigenvalue weighted by atomic mass is 10.1. The number of carbonyl (C=O) groups excluding carboxylic acids is 1. The van der Waals surface area contributed by atoms with Crippen LogP contribution < -0.4 is 19.7 Å². The molecule has 1 heterocycles. The Bertz CT molecular complexity index is 823. The second-order valence-electron chi connectivity index (χ2n) is 7.29. The van der Waals surface area contributed by atoms with Crippen LogP contribution in [0, 0.1) is 0 Å². The average Bonchev–Trinajstić information content (AvgIpc) is 2.81. The number of methoxy groups -OCH3 is 2. The number of thioether (sulfide) groups is 1. The molecular formula is C23H31N3O3S. The molecule has 6 nitrogen and oxygen atoms in total. The van der Waals surface area contributed by atoms with Gasteiger partial charge in [0.15, 0.2) is 11.5 Å². The third-order valence-electron chi connectivity index (χ3n) is 5.29. The lowest BCUT2D eigenvalue weighted by Gasteiger charge is -2.28. The fraction of sp³-hybridized carbons (Fsp3) is 0.435. The molecule has 7 heteroatoms. The molecule has 30 heavy (non-hydrogen) atoms. The molecule has 1 fully saturated rings. The van der Waals surface area contributed by atoms with Crippen LogP contribution in [0.2, 0.25) is 0 Å². The molecule has 2 aromatic carbocycles. The molecule has 0 unspecified atom stereocenters. The summed E-state index contributed by atoms with van der Waals surface area (Å²) >= 11 is 2.01. The lowest BCUT2D eigenvalue weighted by molar-refractivity contribution is 0.209. The van der Waals surface area contributed by atoms with E-state index in [1.165, 1.54) is 17.2 Å². The molecule has 1 aliphatic heterocycles. The molecule has 2 aromatic rings. The van der Waals surface area contributed by atoms with Crippen molar-refractivity contribution in [3.63, 3.8) is 0 Å². The minimum Gasteiger partial charge on any atom is -0.493 e. The number of urea groups is 1. The predicted molar refractivity (Wildman–Crippen MR) is 124 cm³/mol. The highest BCUT2D eigenvalue weighted by Gasteiger charge is 2.12. The van der Waals surface area contributed by atoms with Crippen LogP contribution >= 0.6 is 11.8 Å². The Morgan fingerprint density at radius 1 is 1.03 bits per heavy atom. The summed E-state index contributed by atoms with van der Waals surface area (Å²) in [6.45, 7) is 3.35. The van der Waals surface area contributed by atoms with Crippen LogP contribution in [0.5, 0.6) is 11.5 Å². The predicted octanol–water partition coefficient (Wildman–Crippen LogP) is 3.64. The van der Waals surface area contributed by atoms with E-state index in [1.807, 2.05) is 37.0 Å². The summed E-state index contributed by atoms with van der Waals surface area (Å²) in [6.07, 6.45) is 0.743. The fourth-order valence-electron chi connectivity index (χ4n) is 3.39. The van der Waals surface area contributed by atoms with Gasteiger partial charge in [-0.1, -0.05) is 18.2 Å². The van der Waals surface area contributed by atoms with Crippen LogP contribution in [0.25, 0.3) is 0 Å². The smallest absolute Gasteiger partial charge is 0.317 e. The van der Waals surface area contributed by atoms with Gasteiger partial charge in [0, 0.05) is 50.4 Å². The van der Waals surface area contributed by atoms with E-state index in [0.29, 0.717) is 24.6 Å². The lowest BCUT2D eigenvalue weighted by Crippen LogP contribution is -2.38. The van der Waals surface area contributed by atoms with Crippen molar-refractivity contribution in [2.75, 3.05) is 57.3 Å². The summed E-state index contributed by atoms with van der Waals surface area (Å²) < 4.78 is 10.6. The summed E-state index contributed by atoms with van der Waals surface area (Å²) in [5.41, 5.74) is 3.46. The van der Waals surface area contributed by atoms with E-state index in [-0.39, 0.29) is 6.03 Å². The van der Waals surface area contributed by atoms with E-state index in [2.05, 4.69) is 34.5 Å². The van der Waals surface area contributed by atoms with Gasteiger partial charge in [-0.2, -0.15) is 11.8 Å². The van der Waals surface area contributed by atoms with E-state index < -0.39 is 0 Å². The van der Waals surface area contributed by atoms with E-state index >= 15 is 0 Å². The molecule has 1 aliphatic rings. The Balaban J connectivity index is 1.45. The van der Waals surface area contributed by atoms with Gasteiger partial charge in [0.05, 0.1) is 14.2 Å². The fourth-order valence-corrected chi connectivity index (χ4v) is 4.30. The molecule has 0 aliphatic carbocycles. The number of carbonyl (C=O) groups is 1. The van der Waals surface area contributed by atoms with Gasteiger partial charge in [0.25, 0.3) is 0 Å². The van der Waals surface area contributed by atoms with E-state index in [1.54, 1.807) is 19.1 Å². The van der Waals surface area contributed by atoms with Gasteiger partial charge in [0.1, 0.15) is 0 Å². The molecule has 0 saturated carbocycles. The number of hydrogen-bond donors (Lipinski definition) is 1. The van der Waals surface area contributed by atoms with Gasteiger partial charge in [-0.05, 0) is 41.8 Å². The summed E-state index contributed by atoms with van der Waals surface area (Å²) in [7, 11) is 5.06. The van der Waals surface area contributed by atoms with E-state index in [9.17, 15) is 4.79 Å². The van der Waals surface area contributed by atoms with Gasteiger partial charge in [-0.25, -0.2) is 4.79 Å². The summed E-state index contributed by atoms with van der Waals surface area (Å²) in [5.74, 6) is 3.78. The number of nitrogens with one attached hydrogen (secondary N) is 1. The number of rotatable bonds is 8. The molecule has 0 aromatic heterocycles. The number of likely N-dealkylation sites (N-methyl/N-ethyl adjacent to an activating group) is 1. The quantitative estimate of drug-likeness (QED) is 0.694. The highest BCUT2D eigenvalue weighted by Crippen LogP contribution is 2.27. The van der Waals surface area contributed by atoms with Gasteiger partial charge >= 0.3 is 6.03 Å². The van der Waals surface area contributed by atoms with Crippen molar-refractivity contribution in [2.45, 2.75) is 13.0 Å². The molecular weight excluding hydrogens is 398 g/mol. The number of amides is 2. The Kier molecular flexibility index (Phi) is 8.13. The molecule has 0 bridgehead atoms. The maximum Gasteiger partial charge on any atom is 0.317 e. The third kappa shape index (κ3) is 5.98. The van der Waals surface area contributed by atoms with Gasteiger partial charge in [-0.15, -0.1) is 0 Å². The van der Waals surface area contributed by atoms with Crippen molar-refractivity contribution in [3.05, 3.63) is 53.6 Å². The summed E-state index contributed by atoms with van der Waals surface area (Å²) in [4.78, 5) is 16.6. The Labute approximate surface area is 183 Å². The summed E-state index contributed by atoms with van der Waals surface area (Å²) in [5, 5.41) is 3.00. The highest BCUT2D eigenvalue weighted by atomic mass is 32.2. The van der Waals surface area contributed by atoms with Crippen LogP contribution in [-0.2, 0) is 13.0 Å². The first-order valence-electron chi connectivity index (χ1n) is 10.2. The minimum atomic E-state index is -0.0763. The minimum absolute atomic E-state index is 0.0763. The van der Waals surface area contributed by atoms with Crippen molar-refractivity contribution in [2.24, 2.45) is 0 Å². The zero-order valence-electron chi connectivity index (χ0n) is 18.0. The topological polar surface area (TPSA) is 54.0 Å². The van der Waals surface area contributed by atoms with Crippen molar-refractivity contribution in [1.82, 2.24) is 10.2 Å². The highest BCUT2D eigenvalue weighted by molar-refractivity contribution is 7.99. The first kappa shape index (κ1) is 22.2. The Morgan fingerprint density at radius 3 is 2.37 bits per heavy atom. The largest absolute Gasteiger partial charge is 0.493 e. The average molecular weight is 430 g/mol. The molecule has 162 valence electrons. The van der Waals surface area contributed by atoms with Crippen molar-refractivity contribution in [3.8, 4) is 11.5 Å². The van der Waals surface area contributed by atoms with Gasteiger partial charge < -0.3 is 24.6 Å². The Morgan fingerprint density at radius 2 is 1.70 bits per heavy atom. The second-order valence-corrected chi connectivity index (χ2v) is 8.51. The van der Waals surface area contributed by atoms with Crippen molar-refractivity contribution < 1.29 is 14.3 Å². The number of nitrogens with zero attached hydrogens (tertiary/aromatic N) is 2. The zero-order chi connectivity index (χ0) is 21.3. The van der Waals surface area contributed by atoms with Crippen LogP contribution in [0.15, 0.2) is 42.5 Å². The van der Waals surface area contributed by atoms with E-state index in [0.717, 1.165) is 30.6 Å². The SMILES string of the molecule is COc1ccc(CCN(C)C(=O)NCc2ccc(N3CCSCC3)cc2)cc1OC. The Hall–Kier alpha value is -2.54. The molecule has 2 amide bonds. The molecule has 1 saturated heterocycles. The molecule has 0 atom stereocenters. The zero-order valence-corrected chi connectivity index (χ0v) is 18.8. The van der Waals surface area contributed by atoms with Gasteiger partial charge in [0.2, 0.25) is 0 Å². The number of ether oxygens (including phenoxy) is 2.